The van der Waals surface area contributed by atoms with Gasteiger partial charge in [-0.2, -0.15) is 8.78 Å². The fourth-order valence-corrected chi connectivity index (χ4v) is 1.69. The molecule has 0 saturated carbocycles. The second kappa shape index (κ2) is 5.91. The fraction of sp³-hybridized carbons (Fsp3) is 0.462. The van der Waals surface area contributed by atoms with Crippen LogP contribution in [0.4, 0.5) is 8.78 Å². The zero-order valence-corrected chi connectivity index (χ0v) is 10.5. The number of hydrogen-bond acceptors (Lipinski definition) is 2. The lowest BCUT2D eigenvalue weighted by Crippen LogP contribution is -2.48. The number of hydrogen-bond donors (Lipinski definition) is 2. The Morgan fingerprint density at radius 1 is 1.33 bits per heavy atom. The quantitative estimate of drug-likeness (QED) is 0.816. The summed E-state index contributed by atoms with van der Waals surface area (Å²) in [5, 5.41) is 2.53. The highest BCUT2D eigenvalue weighted by Gasteiger charge is 2.33. The molecule has 1 atom stereocenters. The molecule has 0 aliphatic heterocycles. The average Bonchev–Trinajstić information content (AvgIpc) is 2.29. The van der Waals surface area contributed by atoms with Gasteiger partial charge in [-0.1, -0.05) is 44.2 Å². The molecule has 0 radical (unpaired) electrons. The Kier molecular flexibility index (Phi) is 4.78. The Bertz CT molecular complexity index is 393. The molecule has 1 unspecified atom stereocenters. The summed E-state index contributed by atoms with van der Waals surface area (Å²) in [5.74, 6) is -3.77. The molecule has 0 bridgehead atoms. The SMILES string of the molecule is CC(C)C(NCC(F)(F)c1ccccc1)C(N)=O. The summed E-state index contributed by atoms with van der Waals surface area (Å²) in [7, 11) is 0. The van der Waals surface area contributed by atoms with E-state index in [0.717, 1.165) is 0 Å². The van der Waals surface area contributed by atoms with Gasteiger partial charge in [0.1, 0.15) is 0 Å². The third kappa shape index (κ3) is 3.77. The van der Waals surface area contributed by atoms with E-state index in [4.69, 9.17) is 5.73 Å². The highest BCUT2D eigenvalue weighted by molar-refractivity contribution is 5.80. The fourth-order valence-electron chi connectivity index (χ4n) is 1.69. The van der Waals surface area contributed by atoms with Crippen molar-refractivity contribution in [1.29, 1.82) is 0 Å². The van der Waals surface area contributed by atoms with Crippen LogP contribution in [-0.4, -0.2) is 18.5 Å². The number of halogens is 2. The molecule has 0 heterocycles. The summed E-state index contributed by atoms with van der Waals surface area (Å²) in [6.45, 7) is 2.90. The zero-order chi connectivity index (χ0) is 13.8. The summed E-state index contributed by atoms with van der Waals surface area (Å²) in [6, 6.07) is 6.74. The average molecular weight is 256 g/mol. The molecule has 1 aromatic rings. The first-order valence-electron chi connectivity index (χ1n) is 5.80. The lowest BCUT2D eigenvalue weighted by molar-refractivity contribution is -0.121. The molecule has 0 spiro atoms. The number of carbonyl (C=O) groups is 1. The predicted molar refractivity (Wildman–Crippen MR) is 66.2 cm³/mol. The van der Waals surface area contributed by atoms with Gasteiger partial charge in [-0.05, 0) is 5.92 Å². The molecule has 0 aliphatic rings. The maximum absolute atomic E-state index is 13.8. The summed E-state index contributed by atoms with van der Waals surface area (Å²) in [5.41, 5.74) is 5.08. The Morgan fingerprint density at radius 3 is 2.33 bits per heavy atom. The van der Waals surface area contributed by atoms with E-state index < -0.39 is 24.4 Å². The zero-order valence-electron chi connectivity index (χ0n) is 10.5. The van der Waals surface area contributed by atoms with Crippen molar-refractivity contribution in [3.05, 3.63) is 35.9 Å². The number of nitrogens with one attached hydrogen (secondary N) is 1. The molecular weight excluding hydrogens is 238 g/mol. The van der Waals surface area contributed by atoms with E-state index in [-0.39, 0.29) is 11.5 Å². The minimum atomic E-state index is -3.02. The van der Waals surface area contributed by atoms with Crippen LogP contribution < -0.4 is 11.1 Å². The van der Waals surface area contributed by atoms with Crippen LogP contribution in [0.1, 0.15) is 19.4 Å². The monoisotopic (exact) mass is 256 g/mol. The van der Waals surface area contributed by atoms with E-state index in [9.17, 15) is 13.6 Å². The van der Waals surface area contributed by atoms with Crippen molar-refractivity contribution in [2.45, 2.75) is 25.8 Å². The van der Waals surface area contributed by atoms with Crippen molar-refractivity contribution in [1.82, 2.24) is 5.32 Å². The lowest BCUT2D eigenvalue weighted by atomic mass is 10.0. The van der Waals surface area contributed by atoms with Crippen LogP contribution in [0.2, 0.25) is 0 Å². The van der Waals surface area contributed by atoms with E-state index in [0.29, 0.717) is 0 Å². The van der Waals surface area contributed by atoms with Gasteiger partial charge in [-0.3, -0.25) is 10.1 Å². The molecule has 0 saturated heterocycles. The Hall–Kier alpha value is -1.49. The van der Waals surface area contributed by atoms with Crippen LogP contribution in [0, 0.1) is 5.92 Å². The van der Waals surface area contributed by atoms with Gasteiger partial charge in [0.2, 0.25) is 5.91 Å². The molecule has 5 heteroatoms. The summed E-state index contributed by atoms with van der Waals surface area (Å²) in [6.07, 6.45) is 0. The molecular formula is C13H18F2N2O. The van der Waals surface area contributed by atoms with Gasteiger partial charge in [0.15, 0.2) is 0 Å². The summed E-state index contributed by atoms with van der Waals surface area (Å²) < 4.78 is 27.7. The van der Waals surface area contributed by atoms with Crippen molar-refractivity contribution < 1.29 is 13.6 Å². The molecule has 0 fully saturated rings. The first-order chi connectivity index (χ1) is 8.34. The van der Waals surface area contributed by atoms with E-state index in [2.05, 4.69) is 5.32 Å². The first kappa shape index (κ1) is 14.6. The van der Waals surface area contributed by atoms with Crippen LogP contribution in [0.25, 0.3) is 0 Å². The first-order valence-corrected chi connectivity index (χ1v) is 5.80. The molecule has 0 aliphatic carbocycles. The molecule has 3 nitrogen and oxygen atoms in total. The van der Waals surface area contributed by atoms with Crippen LogP contribution in [0.5, 0.6) is 0 Å². The molecule has 100 valence electrons. The van der Waals surface area contributed by atoms with Crippen LogP contribution in [0.3, 0.4) is 0 Å². The lowest BCUT2D eigenvalue weighted by Gasteiger charge is -2.23. The van der Waals surface area contributed by atoms with E-state index >= 15 is 0 Å². The number of nitrogens with two attached hydrogens (primary N) is 1. The molecule has 18 heavy (non-hydrogen) atoms. The minimum absolute atomic E-state index is 0.0792. The molecule has 0 aromatic heterocycles. The van der Waals surface area contributed by atoms with E-state index in [1.165, 1.54) is 12.1 Å². The summed E-state index contributed by atoms with van der Waals surface area (Å²) in [4.78, 5) is 11.1. The highest BCUT2D eigenvalue weighted by Crippen LogP contribution is 2.26. The van der Waals surface area contributed by atoms with Gasteiger partial charge in [0.25, 0.3) is 5.92 Å². The number of primary amides is 1. The van der Waals surface area contributed by atoms with E-state index in [1.807, 2.05) is 0 Å². The van der Waals surface area contributed by atoms with Crippen molar-refractivity contribution in [2.24, 2.45) is 11.7 Å². The number of benzene rings is 1. The van der Waals surface area contributed by atoms with Gasteiger partial charge >= 0.3 is 0 Å². The second-order valence-corrected chi connectivity index (χ2v) is 4.58. The van der Waals surface area contributed by atoms with Crippen LogP contribution in [-0.2, 0) is 10.7 Å². The molecule has 1 amide bonds. The third-order valence-electron chi connectivity index (χ3n) is 2.71. The van der Waals surface area contributed by atoms with Crippen molar-refractivity contribution in [2.75, 3.05) is 6.54 Å². The second-order valence-electron chi connectivity index (χ2n) is 4.58. The van der Waals surface area contributed by atoms with Gasteiger partial charge in [0, 0.05) is 5.56 Å². The van der Waals surface area contributed by atoms with Crippen LogP contribution >= 0.6 is 0 Å². The smallest absolute Gasteiger partial charge is 0.285 e. The van der Waals surface area contributed by atoms with Gasteiger partial charge in [-0.25, -0.2) is 0 Å². The highest BCUT2D eigenvalue weighted by atomic mass is 19.3. The van der Waals surface area contributed by atoms with Crippen LogP contribution in [0.15, 0.2) is 30.3 Å². The maximum Gasteiger partial charge on any atom is 0.285 e. The maximum atomic E-state index is 13.8. The molecule has 3 N–H and O–H groups in total. The summed E-state index contributed by atoms with van der Waals surface area (Å²) >= 11 is 0. The van der Waals surface area contributed by atoms with Gasteiger partial charge < -0.3 is 5.73 Å². The Balaban J connectivity index is 2.69. The number of carbonyl (C=O) groups excluding carboxylic acids is 1. The Morgan fingerprint density at radius 2 is 1.89 bits per heavy atom. The Labute approximate surface area is 105 Å². The van der Waals surface area contributed by atoms with Crippen molar-refractivity contribution in [3.8, 4) is 0 Å². The van der Waals surface area contributed by atoms with Gasteiger partial charge in [0.05, 0.1) is 12.6 Å². The standard InChI is InChI=1S/C13H18F2N2O/c1-9(2)11(12(16)18)17-8-13(14,15)10-6-4-3-5-7-10/h3-7,9,11,17H,8H2,1-2H3,(H2,16,18). The number of alkyl halides is 2. The largest absolute Gasteiger partial charge is 0.368 e. The van der Waals surface area contributed by atoms with Crippen molar-refractivity contribution >= 4 is 5.91 Å². The minimum Gasteiger partial charge on any atom is -0.368 e. The molecule has 1 rings (SSSR count). The molecule has 1 aromatic carbocycles. The number of rotatable bonds is 6. The van der Waals surface area contributed by atoms with E-state index in [1.54, 1.807) is 32.0 Å². The topological polar surface area (TPSA) is 55.1 Å². The third-order valence-corrected chi connectivity index (χ3v) is 2.71. The predicted octanol–water partition coefficient (Wildman–Crippen LogP) is 1.88. The number of amides is 1. The van der Waals surface area contributed by atoms with Crippen molar-refractivity contribution in [3.63, 3.8) is 0 Å². The normalized spacial score (nSPS) is 13.6. The van der Waals surface area contributed by atoms with Gasteiger partial charge in [-0.15, -0.1) is 0 Å².